The van der Waals surface area contributed by atoms with Crippen molar-refractivity contribution < 1.29 is 9.53 Å². The van der Waals surface area contributed by atoms with Crippen molar-refractivity contribution in [1.29, 1.82) is 0 Å². The molecule has 0 aliphatic carbocycles. The topological polar surface area (TPSA) is 44.1 Å². The molecule has 0 spiro atoms. The number of carbonyl (C=O) groups excluding carboxylic acids is 1. The van der Waals surface area contributed by atoms with Gasteiger partial charge >= 0.3 is 0 Å². The van der Waals surface area contributed by atoms with E-state index in [0.717, 1.165) is 33.9 Å². The number of carbonyl (C=O) groups is 1. The Morgan fingerprint density at radius 1 is 1.03 bits per heavy atom. The van der Waals surface area contributed by atoms with Crippen LogP contribution in [0.2, 0.25) is 5.02 Å². The molecule has 4 rings (SSSR count). The van der Waals surface area contributed by atoms with Gasteiger partial charge in [0.25, 0.3) is 6.47 Å². The summed E-state index contributed by atoms with van der Waals surface area (Å²) in [6, 6.07) is 22.2. The zero-order valence-electron chi connectivity index (χ0n) is 18.6. The Labute approximate surface area is 193 Å². The molecule has 164 valence electrons. The van der Waals surface area contributed by atoms with Crippen molar-refractivity contribution in [2.24, 2.45) is 5.92 Å². The highest BCUT2D eigenvalue weighted by Gasteiger charge is 2.20. The lowest BCUT2D eigenvalue weighted by molar-refractivity contribution is -0.120. The number of nitrogens with zero attached hydrogens (tertiary/aromatic N) is 2. The third-order valence-electron chi connectivity index (χ3n) is 5.73. The van der Waals surface area contributed by atoms with Crippen LogP contribution in [-0.2, 0) is 17.8 Å². The Morgan fingerprint density at radius 3 is 2.47 bits per heavy atom. The van der Waals surface area contributed by atoms with E-state index in [9.17, 15) is 4.79 Å². The van der Waals surface area contributed by atoms with Gasteiger partial charge in [0, 0.05) is 17.0 Å². The molecule has 0 saturated heterocycles. The summed E-state index contributed by atoms with van der Waals surface area (Å²) in [7, 11) is 0. The molecule has 3 aromatic carbocycles. The van der Waals surface area contributed by atoms with E-state index < -0.39 is 0 Å². The molecule has 0 fully saturated rings. The first kappa shape index (κ1) is 22.1. The highest BCUT2D eigenvalue weighted by atomic mass is 35.5. The number of aromatic nitrogens is 2. The molecule has 5 heteroatoms. The first-order valence-electron chi connectivity index (χ1n) is 10.9. The average molecular weight is 447 g/mol. The predicted octanol–water partition coefficient (Wildman–Crippen LogP) is 6.62. The highest BCUT2D eigenvalue weighted by Crippen LogP contribution is 2.31. The molecule has 1 aromatic heterocycles. The maximum atomic E-state index is 10.8. The van der Waals surface area contributed by atoms with E-state index in [2.05, 4.69) is 49.6 Å². The summed E-state index contributed by atoms with van der Waals surface area (Å²) in [6.45, 7) is 7.68. The van der Waals surface area contributed by atoms with Gasteiger partial charge in [0.1, 0.15) is 11.6 Å². The lowest BCUT2D eigenvalue weighted by Crippen LogP contribution is -2.10. The van der Waals surface area contributed by atoms with E-state index in [-0.39, 0.29) is 5.92 Å². The van der Waals surface area contributed by atoms with Crippen LogP contribution in [0.1, 0.15) is 49.2 Å². The molecule has 0 aliphatic rings. The van der Waals surface area contributed by atoms with Crippen LogP contribution >= 0.6 is 11.6 Å². The number of halogens is 1. The second-order valence-electron chi connectivity index (χ2n) is 8.57. The van der Waals surface area contributed by atoms with Crippen LogP contribution < -0.4 is 4.74 Å². The van der Waals surface area contributed by atoms with Crippen LogP contribution in [0.3, 0.4) is 0 Å². The summed E-state index contributed by atoms with van der Waals surface area (Å²) in [5.74, 6) is 2.13. The molecule has 0 aliphatic heterocycles. The molecule has 1 unspecified atom stereocenters. The normalized spacial score (nSPS) is 12.3. The van der Waals surface area contributed by atoms with Gasteiger partial charge in [-0.2, -0.15) is 0 Å². The number of benzene rings is 3. The summed E-state index contributed by atoms with van der Waals surface area (Å²) < 4.78 is 7.24. The summed E-state index contributed by atoms with van der Waals surface area (Å²) >= 11 is 6.47. The van der Waals surface area contributed by atoms with Crippen LogP contribution in [0.25, 0.3) is 11.0 Å². The van der Waals surface area contributed by atoms with Crippen LogP contribution in [0.4, 0.5) is 0 Å². The Kier molecular flexibility index (Phi) is 6.61. The van der Waals surface area contributed by atoms with Crippen LogP contribution in [0.15, 0.2) is 66.7 Å². The SMILES string of the molecule is CC(C)Cc1ccc(C(C)c2nc3cc(OC=O)ccc3n2Cc2ccccc2Cl)cc1. The summed E-state index contributed by atoms with van der Waals surface area (Å²) in [4.78, 5) is 15.7. The number of imidazole rings is 1. The smallest absolute Gasteiger partial charge is 0.298 e. The number of ether oxygens (including phenoxy) is 1. The van der Waals surface area contributed by atoms with Gasteiger partial charge in [0.05, 0.1) is 17.6 Å². The summed E-state index contributed by atoms with van der Waals surface area (Å²) in [5.41, 5.74) is 5.34. The first-order chi connectivity index (χ1) is 15.5. The van der Waals surface area contributed by atoms with Crippen molar-refractivity contribution in [2.45, 2.75) is 39.7 Å². The minimum absolute atomic E-state index is 0.0772. The van der Waals surface area contributed by atoms with Crippen molar-refractivity contribution in [3.63, 3.8) is 0 Å². The van der Waals surface area contributed by atoms with E-state index in [4.69, 9.17) is 21.3 Å². The largest absolute Gasteiger partial charge is 0.429 e. The quantitative estimate of drug-likeness (QED) is 0.285. The van der Waals surface area contributed by atoms with Gasteiger partial charge in [-0.1, -0.05) is 74.8 Å². The van der Waals surface area contributed by atoms with Gasteiger partial charge < -0.3 is 9.30 Å². The zero-order valence-corrected chi connectivity index (χ0v) is 19.3. The standard InChI is InChI=1S/C27H27ClN2O2/c1-18(2)14-20-8-10-21(11-9-20)19(3)27-29-25-15-23(32-17-31)12-13-26(25)30(27)16-22-6-4-5-7-24(22)28/h4-13,15,17-19H,14,16H2,1-3H3. The van der Waals surface area contributed by atoms with E-state index in [1.54, 1.807) is 12.1 Å². The van der Waals surface area contributed by atoms with E-state index >= 15 is 0 Å². The Hall–Kier alpha value is -3.11. The Bertz CT molecular complexity index is 1230. The van der Waals surface area contributed by atoms with Gasteiger partial charge in [-0.3, -0.25) is 4.79 Å². The molecule has 0 amide bonds. The summed E-state index contributed by atoms with van der Waals surface area (Å²) in [6.07, 6.45) is 1.07. The van der Waals surface area contributed by atoms with Crippen molar-refractivity contribution in [3.8, 4) is 5.75 Å². The maximum absolute atomic E-state index is 10.8. The lowest BCUT2D eigenvalue weighted by Gasteiger charge is -2.17. The molecule has 0 saturated carbocycles. The fourth-order valence-corrected chi connectivity index (χ4v) is 4.31. The zero-order chi connectivity index (χ0) is 22.7. The van der Waals surface area contributed by atoms with Crippen LogP contribution in [0.5, 0.6) is 5.75 Å². The lowest BCUT2D eigenvalue weighted by atomic mass is 9.96. The highest BCUT2D eigenvalue weighted by molar-refractivity contribution is 6.31. The summed E-state index contributed by atoms with van der Waals surface area (Å²) in [5, 5.41) is 0.729. The minimum Gasteiger partial charge on any atom is -0.429 e. The fraction of sp³-hybridized carbons (Fsp3) is 0.259. The van der Waals surface area contributed by atoms with E-state index in [0.29, 0.717) is 24.7 Å². The third kappa shape index (κ3) is 4.71. The molecule has 1 atom stereocenters. The molecule has 0 N–H and O–H groups in total. The van der Waals surface area contributed by atoms with Gasteiger partial charge in [-0.05, 0) is 47.2 Å². The Balaban J connectivity index is 1.77. The van der Waals surface area contributed by atoms with Crippen LogP contribution in [0, 0.1) is 5.92 Å². The van der Waals surface area contributed by atoms with Crippen molar-refractivity contribution >= 4 is 29.1 Å². The second kappa shape index (κ2) is 9.58. The molecule has 0 bridgehead atoms. The number of rotatable bonds is 8. The number of fused-ring (bicyclic) bond motifs is 1. The monoisotopic (exact) mass is 446 g/mol. The van der Waals surface area contributed by atoms with Gasteiger partial charge in [-0.15, -0.1) is 0 Å². The van der Waals surface area contributed by atoms with Crippen LogP contribution in [-0.4, -0.2) is 16.0 Å². The van der Waals surface area contributed by atoms with E-state index in [1.165, 1.54) is 11.1 Å². The molecule has 4 nitrogen and oxygen atoms in total. The number of hydrogen-bond acceptors (Lipinski definition) is 3. The molecule has 1 heterocycles. The van der Waals surface area contributed by atoms with Gasteiger partial charge in [-0.25, -0.2) is 4.98 Å². The Morgan fingerprint density at radius 2 is 1.78 bits per heavy atom. The van der Waals surface area contributed by atoms with Crippen molar-refractivity contribution in [3.05, 3.63) is 94.3 Å². The molecular weight excluding hydrogens is 420 g/mol. The fourth-order valence-electron chi connectivity index (χ4n) is 4.11. The third-order valence-corrected chi connectivity index (χ3v) is 6.10. The minimum atomic E-state index is 0.0772. The molecular formula is C27H27ClN2O2. The average Bonchev–Trinajstić information content (AvgIpc) is 3.13. The first-order valence-corrected chi connectivity index (χ1v) is 11.3. The molecule has 32 heavy (non-hydrogen) atoms. The van der Waals surface area contributed by atoms with Crippen molar-refractivity contribution in [2.75, 3.05) is 0 Å². The predicted molar refractivity (Wildman–Crippen MR) is 129 cm³/mol. The van der Waals surface area contributed by atoms with Crippen molar-refractivity contribution in [1.82, 2.24) is 9.55 Å². The van der Waals surface area contributed by atoms with E-state index in [1.807, 2.05) is 30.3 Å². The maximum Gasteiger partial charge on any atom is 0.298 e. The van der Waals surface area contributed by atoms with Gasteiger partial charge in [0.2, 0.25) is 0 Å². The molecule has 4 aromatic rings. The number of hydrogen-bond donors (Lipinski definition) is 0. The van der Waals surface area contributed by atoms with Gasteiger partial charge in [0.15, 0.2) is 0 Å². The molecule has 0 radical (unpaired) electrons. The second-order valence-corrected chi connectivity index (χ2v) is 8.98.